The van der Waals surface area contributed by atoms with Crippen LogP contribution in [0.3, 0.4) is 0 Å². The Bertz CT molecular complexity index is 591. The first kappa shape index (κ1) is 12.2. The summed E-state index contributed by atoms with van der Waals surface area (Å²) in [5.41, 5.74) is 9.96. The van der Waals surface area contributed by atoms with Gasteiger partial charge in [-0.25, -0.2) is 0 Å². The molecule has 0 aliphatic heterocycles. The van der Waals surface area contributed by atoms with Crippen LogP contribution in [-0.2, 0) is 0 Å². The molecule has 0 unspecified atom stereocenters. The molecule has 0 spiro atoms. The van der Waals surface area contributed by atoms with Gasteiger partial charge < -0.3 is 11.1 Å². The molecular formula is C15H16N2O. The number of hydrogen-bond donors (Lipinski definition) is 2. The second-order valence-corrected chi connectivity index (χ2v) is 4.38. The molecule has 0 atom stereocenters. The zero-order chi connectivity index (χ0) is 13.1. The summed E-state index contributed by atoms with van der Waals surface area (Å²) in [4.78, 5) is 12.0. The molecule has 0 bridgehead atoms. The standard InChI is InChI=1S/C15H16N2O/c1-10-6-7-14(8-11(10)2)17-15(18)12-4-3-5-13(16)9-12/h3-9H,16H2,1-2H3,(H,17,18). The molecule has 0 fully saturated rings. The van der Waals surface area contributed by atoms with Crippen LogP contribution in [0, 0.1) is 13.8 Å². The minimum absolute atomic E-state index is 0.148. The third-order valence-electron chi connectivity index (χ3n) is 2.91. The van der Waals surface area contributed by atoms with E-state index >= 15 is 0 Å². The molecule has 2 aromatic rings. The Balaban J connectivity index is 2.18. The van der Waals surface area contributed by atoms with Crippen molar-refractivity contribution in [2.24, 2.45) is 0 Å². The lowest BCUT2D eigenvalue weighted by Gasteiger charge is -2.08. The lowest BCUT2D eigenvalue weighted by molar-refractivity contribution is 0.102. The van der Waals surface area contributed by atoms with E-state index in [1.807, 2.05) is 32.0 Å². The average molecular weight is 240 g/mol. The number of hydrogen-bond acceptors (Lipinski definition) is 2. The summed E-state index contributed by atoms with van der Waals surface area (Å²) in [5.74, 6) is -0.148. The Morgan fingerprint density at radius 1 is 1.06 bits per heavy atom. The van der Waals surface area contributed by atoms with E-state index in [9.17, 15) is 4.79 Å². The summed E-state index contributed by atoms with van der Waals surface area (Å²) >= 11 is 0. The van der Waals surface area contributed by atoms with E-state index in [2.05, 4.69) is 5.32 Å². The molecule has 92 valence electrons. The van der Waals surface area contributed by atoms with E-state index < -0.39 is 0 Å². The number of carbonyl (C=O) groups excluding carboxylic acids is 1. The van der Waals surface area contributed by atoms with Gasteiger partial charge in [0.1, 0.15) is 0 Å². The number of amides is 1. The fourth-order valence-electron chi connectivity index (χ4n) is 1.70. The number of benzene rings is 2. The Kier molecular flexibility index (Phi) is 3.33. The molecule has 2 aromatic carbocycles. The van der Waals surface area contributed by atoms with Crippen LogP contribution in [0.25, 0.3) is 0 Å². The zero-order valence-corrected chi connectivity index (χ0v) is 10.5. The third kappa shape index (κ3) is 2.69. The number of nitrogens with one attached hydrogen (secondary N) is 1. The van der Waals surface area contributed by atoms with Gasteiger partial charge in [0.25, 0.3) is 5.91 Å². The van der Waals surface area contributed by atoms with Crippen molar-refractivity contribution in [1.29, 1.82) is 0 Å². The molecular weight excluding hydrogens is 224 g/mol. The Morgan fingerprint density at radius 2 is 1.83 bits per heavy atom. The monoisotopic (exact) mass is 240 g/mol. The van der Waals surface area contributed by atoms with Crippen LogP contribution in [0.2, 0.25) is 0 Å². The van der Waals surface area contributed by atoms with Gasteiger partial charge in [-0.1, -0.05) is 12.1 Å². The molecule has 2 rings (SSSR count). The fraction of sp³-hybridized carbons (Fsp3) is 0.133. The van der Waals surface area contributed by atoms with Crippen molar-refractivity contribution >= 4 is 17.3 Å². The second-order valence-electron chi connectivity index (χ2n) is 4.38. The SMILES string of the molecule is Cc1ccc(NC(=O)c2cccc(N)c2)cc1C. The molecule has 1 amide bonds. The van der Waals surface area contributed by atoms with Crippen molar-refractivity contribution in [2.45, 2.75) is 13.8 Å². The van der Waals surface area contributed by atoms with Gasteiger partial charge in [0, 0.05) is 16.9 Å². The van der Waals surface area contributed by atoms with E-state index in [0.717, 1.165) is 11.3 Å². The summed E-state index contributed by atoms with van der Waals surface area (Å²) < 4.78 is 0. The van der Waals surface area contributed by atoms with Crippen molar-refractivity contribution in [3.63, 3.8) is 0 Å². The van der Waals surface area contributed by atoms with Crippen LogP contribution >= 0.6 is 0 Å². The first-order valence-electron chi connectivity index (χ1n) is 5.80. The summed E-state index contributed by atoms with van der Waals surface area (Å²) in [6.07, 6.45) is 0. The molecule has 0 heterocycles. The van der Waals surface area contributed by atoms with Crippen LogP contribution < -0.4 is 11.1 Å². The highest BCUT2D eigenvalue weighted by atomic mass is 16.1. The predicted molar refractivity (Wildman–Crippen MR) is 74.7 cm³/mol. The Labute approximate surface area is 107 Å². The van der Waals surface area contributed by atoms with Crippen molar-refractivity contribution in [2.75, 3.05) is 11.1 Å². The van der Waals surface area contributed by atoms with E-state index in [1.54, 1.807) is 24.3 Å². The molecule has 0 saturated carbocycles. The second kappa shape index (κ2) is 4.92. The number of carbonyl (C=O) groups is 1. The molecule has 0 aromatic heterocycles. The van der Waals surface area contributed by atoms with Crippen molar-refractivity contribution in [3.05, 3.63) is 59.2 Å². The van der Waals surface area contributed by atoms with Crippen molar-refractivity contribution < 1.29 is 4.79 Å². The Morgan fingerprint density at radius 3 is 2.50 bits per heavy atom. The van der Waals surface area contributed by atoms with Crippen LogP contribution in [0.4, 0.5) is 11.4 Å². The van der Waals surface area contributed by atoms with Gasteiger partial charge >= 0.3 is 0 Å². The number of anilines is 2. The molecule has 0 saturated heterocycles. The van der Waals surface area contributed by atoms with Crippen LogP contribution in [0.15, 0.2) is 42.5 Å². The first-order valence-corrected chi connectivity index (χ1v) is 5.80. The lowest BCUT2D eigenvalue weighted by atomic mass is 10.1. The summed E-state index contributed by atoms with van der Waals surface area (Å²) in [5, 5.41) is 2.86. The van der Waals surface area contributed by atoms with Gasteiger partial charge in [-0.2, -0.15) is 0 Å². The van der Waals surface area contributed by atoms with E-state index in [1.165, 1.54) is 5.56 Å². The summed E-state index contributed by atoms with van der Waals surface area (Å²) in [6.45, 7) is 4.06. The van der Waals surface area contributed by atoms with E-state index in [4.69, 9.17) is 5.73 Å². The maximum absolute atomic E-state index is 12.0. The normalized spacial score (nSPS) is 10.1. The highest BCUT2D eigenvalue weighted by Crippen LogP contribution is 2.15. The topological polar surface area (TPSA) is 55.1 Å². The highest BCUT2D eigenvalue weighted by molar-refractivity contribution is 6.04. The van der Waals surface area contributed by atoms with Gasteiger partial charge in [-0.15, -0.1) is 0 Å². The minimum atomic E-state index is -0.148. The van der Waals surface area contributed by atoms with Crippen LogP contribution in [0.5, 0.6) is 0 Å². The zero-order valence-electron chi connectivity index (χ0n) is 10.5. The summed E-state index contributed by atoms with van der Waals surface area (Å²) in [6, 6.07) is 12.8. The van der Waals surface area contributed by atoms with Crippen LogP contribution in [-0.4, -0.2) is 5.91 Å². The predicted octanol–water partition coefficient (Wildman–Crippen LogP) is 3.14. The van der Waals surface area contributed by atoms with E-state index in [-0.39, 0.29) is 5.91 Å². The van der Waals surface area contributed by atoms with Gasteiger partial charge in [0.15, 0.2) is 0 Å². The van der Waals surface area contributed by atoms with Gasteiger partial charge in [0.05, 0.1) is 0 Å². The Hall–Kier alpha value is -2.29. The average Bonchev–Trinajstić information content (AvgIpc) is 2.34. The van der Waals surface area contributed by atoms with Gasteiger partial charge in [-0.05, 0) is 55.3 Å². The number of rotatable bonds is 2. The molecule has 0 radical (unpaired) electrons. The van der Waals surface area contributed by atoms with Crippen molar-refractivity contribution in [3.8, 4) is 0 Å². The minimum Gasteiger partial charge on any atom is -0.399 e. The highest BCUT2D eigenvalue weighted by Gasteiger charge is 2.06. The lowest BCUT2D eigenvalue weighted by Crippen LogP contribution is -2.12. The summed E-state index contributed by atoms with van der Waals surface area (Å²) in [7, 11) is 0. The number of aryl methyl sites for hydroxylation is 2. The molecule has 18 heavy (non-hydrogen) atoms. The molecule has 0 aliphatic rings. The van der Waals surface area contributed by atoms with Gasteiger partial charge in [0.2, 0.25) is 0 Å². The molecule has 3 N–H and O–H groups in total. The van der Waals surface area contributed by atoms with Crippen molar-refractivity contribution in [1.82, 2.24) is 0 Å². The third-order valence-corrected chi connectivity index (χ3v) is 2.91. The molecule has 3 nitrogen and oxygen atoms in total. The maximum Gasteiger partial charge on any atom is 0.255 e. The van der Waals surface area contributed by atoms with Gasteiger partial charge in [-0.3, -0.25) is 4.79 Å². The maximum atomic E-state index is 12.0. The van der Waals surface area contributed by atoms with E-state index in [0.29, 0.717) is 11.3 Å². The number of nitrogens with two attached hydrogens (primary N) is 1. The first-order chi connectivity index (χ1) is 8.56. The molecule has 0 aliphatic carbocycles. The fourth-order valence-corrected chi connectivity index (χ4v) is 1.70. The van der Waals surface area contributed by atoms with Crippen LogP contribution in [0.1, 0.15) is 21.5 Å². The quantitative estimate of drug-likeness (QED) is 0.792. The number of nitrogen functional groups attached to an aromatic ring is 1. The largest absolute Gasteiger partial charge is 0.399 e. The molecule has 3 heteroatoms. The smallest absolute Gasteiger partial charge is 0.255 e.